The highest BCUT2D eigenvalue weighted by Crippen LogP contribution is 2.29. The van der Waals surface area contributed by atoms with Gasteiger partial charge in [0.25, 0.3) is 0 Å². The van der Waals surface area contributed by atoms with Gasteiger partial charge in [-0.3, -0.25) is 4.79 Å². The molecule has 1 rings (SSSR count). The fourth-order valence-electron chi connectivity index (χ4n) is 2.08. The molecule has 0 fully saturated rings. The Kier molecular flexibility index (Phi) is 6.49. The quantitative estimate of drug-likeness (QED) is 0.809. The van der Waals surface area contributed by atoms with Gasteiger partial charge in [0.2, 0.25) is 5.91 Å². The van der Waals surface area contributed by atoms with Crippen LogP contribution in [-0.4, -0.2) is 26.2 Å². The van der Waals surface area contributed by atoms with Crippen molar-refractivity contribution in [3.8, 4) is 11.5 Å². The van der Waals surface area contributed by atoms with Crippen LogP contribution in [0.3, 0.4) is 0 Å². The van der Waals surface area contributed by atoms with Gasteiger partial charge in [0.15, 0.2) is 0 Å². The number of ether oxygens (including phenoxy) is 2. The molecule has 0 spiro atoms. The SMILES string of the molecule is CC[C@H](C)[C@H](N)C(=O)NC(C)c1cc(OC)ccc1OC. The number of rotatable bonds is 7. The molecule has 1 aromatic rings. The highest BCUT2D eigenvalue weighted by atomic mass is 16.5. The number of hydrogen-bond acceptors (Lipinski definition) is 4. The number of carbonyl (C=O) groups excluding carboxylic acids is 1. The monoisotopic (exact) mass is 294 g/mol. The Hall–Kier alpha value is -1.75. The number of hydrogen-bond donors (Lipinski definition) is 2. The normalized spacial score (nSPS) is 15.0. The van der Waals surface area contributed by atoms with Crippen LogP contribution >= 0.6 is 0 Å². The third-order valence-electron chi connectivity index (χ3n) is 3.82. The minimum Gasteiger partial charge on any atom is -0.497 e. The average molecular weight is 294 g/mol. The van der Waals surface area contributed by atoms with E-state index < -0.39 is 6.04 Å². The highest BCUT2D eigenvalue weighted by Gasteiger charge is 2.22. The lowest BCUT2D eigenvalue weighted by molar-refractivity contribution is -0.124. The van der Waals surface area contributed by atoms with Crippen LogP contribution in [0.1, 0.15) is 38.8 Å². The summed E-state index contributed by atoms with van der Waals surface area (Å²) in [5.74, 6) is 1.42. The van der Waals surface area contributed by atoms with Crippen molar-refractivity contribution in [2.45, 2.75) is 39.3 Å². The van der Waals surface area contributed by atoms with E-state index in [1.165, 1.54) is 0 Å². The molecule has 0 aliphatic carbocycles. The smallest absolute Gasteiger partial charge is 0.237 e. The van der Waals surface area contributed by atoms with E-state index in [1.54, 1.807) is 14.2 Å². The van der Waals surface area contributed by atoms with Gasteiger partial charge in [-0.1, -0.05) is 20.3 Å². The minimum atomic E-state index is -0.506. The molecular formula is C16H26N2O3. The van der Waals surface area contributed by atoms with E-state index in [0.717, 1.165) is 17.7 Å². The van der Waals surface area contributed by atoms with Gasteiger partial charge in [0.05, 0.1) is 26.3 Å². The van der Waals surface area contributed by atoms with E-state index in [2.05, 4.69) is 5.32 Å². The summed E-state index contributed by atoms with van der Waals surface area (Å²) in [6.07, 6.45) is 0.867. The Balaban J connectivity index is 2.88. The Labute approximate surface area is 126 Å². The summed E-state index contributed by atoms with van der Waals surface area (Å²) in [4.78, 5) is 12.2. The fraction of sp³-hybridized carbons (Fsp3) is 0.562. The number of benzene rings is 1. The van der Waals surface area contributed by atoms with Crippen molar-refractivity contribution < 1.29 is 14.3 Å². The standard InChI is InChI=1S/C16H26N2O3/c1-6-10(2)15(17)16(19)18-11(3)13-9-12(20-4)7-8-14(13)21-5/h7-11,15H,6,17H2,1-5H3,(H,18,19)/t10-,11?,15-/m0/s1. The predicted octanol–water partition coefficient (Wildman–Crippen LogP) is 2.25. The van der Waals surface area contributed by atoms with E-state index in [0.29, 0.717) is 5.75 Å². The van der Waals surface area contributed by atoms with Gasteiger partial charge >= 0.3 is 0 Å². The molecular weight excluding hydrogens is 268 g/mol. The topological polar surface area (TPSA) is 73.6 Å². The maximum atomic E-state index is 12.2. The number of methoxy groups -OCH3 is 2. The summed E-state index contributed by atoms with van der Waals surface area (Å²) in [5, 5.41) is 2.94. The third kappa shape index (κ3) is 4.36. The Bertz CT molecular complexity index is 477. The molecule has 0 aromatic heterocycles. The lowest BCUT2D eigenvalue weighted by atomic mass is 9.98. The third-order valence-corrected chi connectivity index (χ3v) is 3.82. The molecule has 0 heterocycles. The van der Waals surface area contributed by atoms with Gasteiger partial charge in [-0.05, 0) is 31.0 Å². The van der Waals surface area contributed by atoms with Crippen LogP contribution in [0.4, 0.5) is 0 Å². The molecule has 21 heavy (non-hydrogen) atoms. The predicted molar refractivity (Wildman–Crippen MR) is 83.5 cm³/mol. The van der Waals surface area contributed by atoms with Gasteiger partial charge in [-0.2, -0.15) is 0 Å². The van der Waals surface area contributed by atoms with Crippen molar-refractivity contribution in [3.05, 3.63) is 23.8 Å². The van der Waals surface area contributed by atoms with Crippen LogP contribution in [0.5, 0.6) is 11.5 Å². The molecule has 0 aliphatic heterocycles. The number of nitrogens with one attached hydrogen (secondary N) is 1. The van der Waals surface area contributed by atoms with Crippen LogP contribution < -0.4 is 20.5 Å². The number of nitrogens with two attached hydrogens (primary N) is 1. The lowest BCUT2D eigenvalue weighted by Crippen LogP contribution is -2.45. The van der Waals surface area contributed by atoms with E-state index in [1.807, 2.05) is 39.0 Å². The molecule has 0 saturated heterocycles. The first-order valence-electron chi connectivity index (χ1n) is 7.22. The second kappa shape index (κ2) is 7.88. The number of amides is 1. The molecule has 0 saturated carbocycles. The largest absolute Gasteiger partial charge is 0.497 e. The van der Waals surface area contributed by atoms with Gasteiger partial charge in [0.1, 0.15) is 11.5 Å². The molecule has 3 atom stereocenters. The van der Waals surface area contributed by atoms with E-state index in [9.17, 15) is 4.79 Å². The second-order valence-corrected chi connectivity index (χ2v) is 5.25. The first kappa shape index (κ1) is 17.3. The Morgan fingerprint density at radius 3 is 2.48 bits per heavy atom. The van der Waals surface area contributed by atoms with Crippen LogP contribution in [0.15, 0.2) is 18.2 Å². The molecule has 118 valence electrons. The first-order valence-corrected chi connectivity index (χ1v) is 7.22. The maximum Gasteiger partial charge on any atom is 0.237 e. The summed E-state index contributed by atoms with van der Waals surface area (Å²) < 4.78 is 10.6. The van der Waals surface area contributed by atoms with Gasteiger partial charge in [0, 0.05) is 5.56 Å². The molecule has 1 aromatic carbocycles. The average Bonchev–Trinajstić information content (AvgIpc) is 2.52. The molecule has 1 unspecified atom stereocenters. The summed E-state index contributed by atoms with van der Waals surface area (Å²) in [5.41, 5.74) is 6.82. The van der Waals surface area contributed by atoms with Crippen molar-refractivity contribution in [3.63, 3.8) is 0 Å². The summed E-state index contributed by atoms with van der Waals surface area (Å²) >= 11 is 0. The molecule has 5 heteroatoms. The summed E-state index contributed by atoms with van der Waals surface area (Å²) in [7, 11) is 3.21. The Morgan fingerprint density at radius 2 is 1.95 bits per heavy atom. The van der Waals surface area contributed by atoms with Crippen molar-refractivity contribution in [1.29, 1.82) is 0 Å². The van der Waals surface area contributed by atoms with Crippen LogP contribution in [0, 0.1) is 5.92 Å². The zero-order valence-corrected chi connectivity index (χ0v) is 13.5. The Morgan fingerprint density at radius 1 is 1.29 bits per heavy atom. The highest BCUT2D eigenvalue weighted by molar-refractivity contribution is 5.82. The molecule has 5 nitrogen and oxygen atoms in total. The summed E-state index contributed by atoms with van der Waals surface area (Å²) in [6, 6.07) is 4.79. The van der Waals surface area contributed by atoms with Gasteiger partial charge in [-0.25, -0.2) is 0 Å². The van der Waals surface area contributed by atoms with Crippen molar-refractivity contribution >= 4 is 5.91 Å². The number of carbonyl (C=O) groups is 1. The fourth-order valence-corrected chi connectivity index (χ4v) is 2.08. The van der Waals surface area contributed by atoms with E-state index in [4.69, 9.17) is 15.2 Å². The minimum absolute atomic E-state index is 0.143. The van der Waals surface area contributed by atoms with Crippen molar-refractivity contribution in [2.24, 2.45) is 11.7 Å². The lowest BCUT2D eigenvalue weighted by Gasteiger charge is -2.22. The molecule has 1 amide bonds. The van der Waals surface area contributed by atoms with Crippen molar-refractivity contribution in [2.75, 3.05) is 14.2 Å². The zero-order valence-electron chi connectivity index (χ0n) is 13.5. The first-order chi connectivity index (χ1) is 9.94. The molecule has 0 radical (unpaired) electrons. The summed E-state index contributed by atoms with van der Waals surface area (Å²) in [6.45, 7) is 5.89. The van der Waals surface area contributed by atoms with Gasteiger partial charge in [-0.15, -0.1) is 0 Å². The zero-order chi connectivity index (χ0) is 16.0. The molecule has 0 aliphatic rings. The van der Waals surface area contributed by atoms with Crippen LogP contribution in [0.2, 0.25) is 0 Å². The van der Waals surface area contributed by atoms with Crippen LogP contribution in [-0.2, 0) is 4.79 Å². The van der Waals surface area contributed by atoms with Gasteiger partial charge < -0.3 is 20.5 Å². The molecule has 0 bridgehead atoms. The van der Waals surface area contributed by atoms with E-state index >= 15 is 0 Å². The van der Waals surface area contributed by atoms with E-state index in [-0.39, 0.29) is 17.9 Å². The maximum absolute atomic E-state index is 12.2. The van der Waals surface area contributed by atoms with Crippen molar-refractivity contribution in [1.82, 2.24) is 5.32 Å². The second-order valence-electron chi connectivity index (χ2n) is 5.25. The molecule has 3 N–H and O–H groups in total. The van der Waals surface area contributed by atoms with Crippen LogP contribution in [0.25, 0.3) is 0 Å².